The van der Waals surface area contributed by atoms with Crippen LogP contribution < -0.4 is 5.32 Å². The number of carbonyl (C=O) groups is 1. The molecule has 0 aliphatic heterocycles. The van der Waals surface area contributed by atoms with Gasteiger partial charge in [0.15, 0.2) is 0 Å². The summed E-state index contributed by atoms with van der Waals surface area (Å²) in [6.45, 7) is 0. The summed E-state index contributed by atoms with van der Waals surface area (Å²) in [5.74, 6) is -0.293. The molecule has 1 aromatic heterocycles. The first-order valence-electron chi connectivity index (χ1n) is 5.42. The summed E-state index contributed by atoms with van der Waals surface area (Å²) in [5.41, 5.74) is 1.23. The molecule has 0 atom stereocenters. The molecule has 3 nitrogen and oxygen atoms in total. The predicted molar refractivity (Wildman–Crippen MR) is 78.1 cm³/mol. The van der Waals surface area contributed by atoms with E-state index in [2.05, 4.69) is 5.32 Å². The number of nitrogens with zero attached hydrogens (tertiary/aromatic N) is 1. The van der Waals surface area contributed by atoms with Crippen molar-refractivity contribution in [1.29, 1.82) is 5.26 Å². The van der Waals surface area contributed by atoms with Crippen LogP contribution in [0.3, 0.4) is 0 Å². The van der Waals surface area contributed by atoms with E-state index in [9.17, 15) is 4.79 Å². The van der Waals surface area contributed by atoms with Crippen molar-refractivity contribution in [3.8, 4) is 6.07 Å². The number of hydrogen-bond acceptors (Lipinski definition) is 3. The average Bonchev–Trinajstić information content (AvgIpc) is 2.85. The van der Waals surface area contributed by atoms with Gasteiger partial charge in [-0.25, -0.2) is 0 Å². The molecular formula is C14H9ClN2OS. The third-order valence-corrected chi connectivity index (χ3v) is 3.52. The summed E-state index contributed by atoms with van der Waals surface area (Å²) in [5, 5.41) is 14.4. The van der Waals surface area contributed by atoms with Crippen molar-refractivity contribution in [2.24, 2.45) is 0 Å². The second kappa shape index (κ2) is 6.19. The zero-order valence-electron chi connectivity index (χ0n) is 9.76. The number of halogens is 1. The minimum Gasteiger partial charge on any atom is -0.313 e. The fraction of sp³-hybridized carbons (Fsp3) is 0. The Kier molecular flexibility index (Phi) is 4.35. The van der Waals surface area contributed by atoms with E-state index >= 15 is 0 Å². The maximum Gasteiger partial charge on any atom is 0.249 e. The van der Waals surface area contributed by atoms with Crippen molar-refractivity contribution < 1.29 is 4.79 Å². The normalized spacial score (nSPS) is 10.3. The van der Waals surface area contributed by atoms with Crippen molar-refractivity contribution in [2.45, 2.75) is 0 Å². The van der Waals surface area contributed by atoms with Crippen LogP contribution in [-0.2, 0) is 4.79 Å². The summed E-state index contributed by atoms with van der Waals surface area (Å²) in [6, 6.07) is 10.9. The van der Waals surface area contributed by atoms with Gasteiger partial charge in [0, 0.05) is 11.1 Å². The largest absolute Gasteiger partial charge is 0.313 e. The smallest absolute Gasteiger partial charge is 0.249 e. The van der Waals surface area contributed by atoms with Gasteiger partial charge in [0.25, 0.3) is 0 Å². The van der Waals surface area contributed by atoms with Gasteiger partial charge in [-0.15, -0.1) is 11.3 Å². The van der Waals surface area contributed by atoms with Crippen LogP contribution in [0.2, 0.25) is 5.02 Å². The molecule has 0 saturated carbocycles. The number of benzene rings is 1. The molecule has 0 fully saturated rings. The molecule has 0 aliphatic carbocycles. The van der Waals surface area contributed by atoms with E-state index in [4.69, 9.17) is 16.9 Å². The van der Waals surface area contributed by atoms with Gasteiger partial charge >= 0.3 is 0 Å². The number of nitrogens with one attached hydrogen (secondary N) is 1. The zero-order valence-corrected chi connectivity index (χ0v) is 11.3. The second-order valence-corrected chi connectivity index (χ2v) is 4.94. The number of rotatable bonds is 3. The number of anilines is 1. The third-order valence-electron chi connectivity index (χ3n) is 2.34. The zero-order chi connectivity index (χ0) is 13.7. The molecule has 1 heterocycles. The summed E-state index contributed by atoms with van der Waals surface area (Å²) in [4.78, 5) is 11.7. The highest BCUT2D eigenvalue weighted by atomic mass is 35.5. The standard InChI is InChI=1S/C14H9ClN2OS/c15-12-4-2-1-3-10(12)5-6-13(18)17-14-11(9-16)7-8-19-14/h1-8H,(H,17,18)/b6-5+. The molecule has 5 heteroatoms. The van der Waals surface area contributed by atoms with E-state index in [1.54, 1.807) is 23.6 Å². The lowest BCUT2D eigenvalue weighted by atomic mass is 10.2. The van der Waals surface area contributed by atoms with E-state index in [0.29, 0.717) is 15.6 Å². The fourth-order valence-corrected chi connectivity index (χ4v) is 2.36. The molecule has 0 saturated heterocycles. The molecule has 0 spiro atoms. The van der Waals surface area contributed by atoms with Gasteiger partial charge in [0.05, 0.1) is 5.56 Å². The van der Waals surface area contributed by atoms with Gasteiger partial charge < -0.3 is 5.32 Å². The second-order valence-electron chi connectivity index (χ2n) is 3.62. The van der Waals surface area contributed by atoms with Crippen LogP contribution in [0.25, 0.3) is 6.08 Å². The fourth-order valence-electron chi connectivity index (χ4n) is 1.42. The lowest BCUT2D eigenvalue weighted by Gasteiger charge is -1.99. The van der Waals surface area contributed by atoms with Gasteiger partial charge in [0.1, 0.15) is 11.1 Å². The maximum atomic E-state index is 11.7. The molecular weight excluding hydrogens is 280 g/mol. The molecule has 2 rings (SSSR count). The highest BCUT2D eigenvalue weighted by Crippen LogP contribution is 2.22. The summed E-state index contributed by atoms with van der Waals surface area (Å²) in [7, 11) is 0. The quantitative estimate of drug-likeness (QED) is 0.870. The lowest BCUT2D eigenvalue weighted by Crippen LogP contribution is -2.07. The Hall–Kier alpha value is -2.09. The molecule has 19 heavy (non-hydrogen) atoms. The topological polar surface area (TPSA) is 52.9 Å². The van der Waals surface area contributed by atoms with E-state index in [-0.39, 0.29) is 5.91 Å². The number of thiophene rings is 1. The molecule has 1 amide bonds. The first kappa shape index (κ1) is 13.3. The molecule has 2 aromatic rings. The van der Waals surface area contributed by atoms with Gasteiger partial charge in [-0.1, -0.05) is 29.8 Å². The molecule has 1 aromatic carbocycles. The molecule has 0 unspecified atom stereocenters. The van der Waals surface area contributed by atoms with Crippen molar-refractivity contribution in [3.63, 3.8) is 0 Å². The molecule has 0 aliphatic rings. The van der Waals surface area contributed by atoms with Gasteiger partial charge in [0.2, 0.25) is 5.91 Å². The highest BCUT2D eigenvalue weighted by Gasteiger charge is 2.05. The molecule has 0 radical (unpaired) electrons. The van der Waals surface area contributed by atoms with Crippen LogP contribution in [0.1, 0.15) is 11.1 Å². The van der Waals surface area contributed by atoms with Crippen LogP contribution in [0.5, 0.6) is 0 Å². The van der Waals surface area contributed by atoms with Crippen LogP contribution in [0.4, 0.5) is 5.00 Å². The minimum absolute atomic E-state index is 0.293. The SMILES string of the molecule is N#Cc1ccsc1NC(=O)/C=C/c1ccccc1Cl. The van der Waals surface area contributed by atoms with E-state index < -0.39 is 0 Å². The Morgan fingerprint density at radius 2 is 2.16 bits per heavy atom. The van der Waals surface area contributed by atoms with Crippen molar-refractivity contribution in [3.05, 3.63) is 57.9 Å². The summed E-state index contributed by atoms with van der Waals surface area (Å²) < 4.78 is 0. The Balaban J connectivity index is 2.07. The highest BCUT2D eigenvalue weighted by molar-refractivity contribution is 7.14. The molecule has 94 valence electrons. The van der Waals surface area contributed by atoms with E-state index in [1.165, 1.54) is 17.4 Å². The molecule has 0 bridgehead atoms. The van der Waals surface area contributed by atoms with Crippen molar-refractivity contribution in [2.75, 3.05) is 5.32 Å². The van der Waals surface area contributed by atoms with Gasteiger partial charge in [-0.3, -0.25) is 4.79 Å². The van der Waals surface area contributed by atoms with Crippen LogP contribution in [0.15, 0.2) is 41.8 Å². The Bertz CT molecular complexity index is 670. The number of nitriles is 1. The third kappa shape index (κ3) is 3.44. The van der Waals surface area contributed by atoms with Gasteiger partial charge in [-0.2, -0.15) is 5.26 Å². The average molecular weight is 289 g/mol. The molecule has 1 N–H and O–H groups in total. The Morgan fingerprint density at radius 1 is 1.37 bits per heavy atom. The van der Waals surface area contributed by atoms with E-state index in [0.717, 1.165) is 5.56 Å². The van der Waals surface area contributed by atoms with Crippen molar-refractivity contribution in [1.82, 2.24) is 0 Å². The minimum atomic E-state index is -0.293. The van der Waals surface area contributed by atoms with E-state index in [1.807, 2.05) is 24.3 Å². The number of hydrogen-bond donors (Lipinski definition) is 1. The number of amides is 1. The Morgan fingerprint density at radius 3 is 2.89 bits per heavy atom. The Labute approximate surface area is 119 Å². The lowest BCUT2D eigenvalue weighted by molar-refractivity contribution is -0.111. The predicted octanol–water partition coefficient (Wildman–Crippen LogP) is 3.93. The van der Waals surface area contributed by atoms with Crippen LogP contribution in [-0.4, -0.2) is 5.91 Å². The first-order chi connectivity index (χ1) is 9.20. The number of carbonyl (C=O) groups excluding carboxylic acids is 1. The monoisotopic (exact) mass is 288 g/mol. The van der Waals surface area contributed by atoms with Crippen LogP contribution in [0, 0.1) is 11.3 Å². The van der Waals surface area contributed by atoms with Crippen molar-refractivity contribution >= 4 is 39.9 Å². The first-order valence-corrected chi connectivity index (χ1v) is 6.67. The van der Waals surface area contributed by atoms with Crippen LogP contribution >= 0.6 is 22.9 Å². The summed E-state index contributed by atoms with van der Waals surface area (Å²) >= 11 is 7.29. The van der Waals surface area contributed by atoms with Gasteiger partial charge in [-0.05, 0) is 29.2 Å². The summed E-state index contributed by atoms with van der Waals surface area (Å²) in [6.07, 6.45) is 3.03. The maximum absolute atomic E-state index is 11.7.